The van der Waals surface area contributed by atoms with Crippen LogP contribution in [0.5, 0.6) is 11.6 Å². The number of rotatable bonds is 6. The number of nitrogens with zero attached hydrogens (tertiary/aromatic N) is 1. The molecule has 0 radical (unpaired) electrons. The molecule has 1 unspecified atom stereocenters. The number of carbonyl (C=O) groups is 1. The van der Waals surface area contributed by atoms with Gasteiger partial charge in [0.2, 0.25) is 5.88 Å². The van der Waals surface area contributed by atoms with Gasteiger partial charge < -0.3 is 14.8 Å². The summed E-state index contributed by atoms with van der Waals surface area (Å²) in [4.78, 5) is 15.6. The van der Waals surface area contributed by atoms with Crippen LogP contribution in [0.1, 0.15) is 13.8 Å². The maximum Gasteiger partial charge on any atom is 0.328 e. The minimum Gasteiger partial charge on any atom is -0.464 e. The van der Waals surface area contributed by atoms with Gasteiger partial charge in [-0.2, -0.15) is 0 Å². The molecule has 0 amide bonds. The van der Waals surface area contributed by atoms with Gasteiger partial charge in [0.25, 0.3) is 0 Å². The van der Waals surface area contributed by atoms with Crippen LogP contribution >= 0.6 is 11.6 Å². The molecule has 5 nitrogen and oxygen atoms in total. The molecule has 1 heterocycles. The van der Waals surface area contributed by atoms with Crippen LogP contribution in [0.4, 0.5) is 5.69 Å². The highest BCUT2D eigenvalue weighted by Gasteiger charge is 2.13. The van der Waals surface area contributed by atoms with Gasteiger partial charge in [-0.3, -0.25) is 0 Å². The Balaban J connectivity index is 1.95. The molecule has 116 valence electrons. The molecule has 1 aromatic carbocycles. The molecule has 0 aliphatic rings. The van der Waals surface area contributed by atoms with E-state index in [0.29, 0.717) is 23.3 Å². The summed E-state index contributed by atoms with van der Waals surface area (Å²) in [6.45, 7) is 3.90. The minimum atomic E-state index is -0.412. The number of carbonyl (C=O) groups excluding carboxylic acids is 1. The van der Waals surface area contributed by atoms with Crippen molar-refractivity contribution in [2.24, 2.45) is 0 Å². The highest BCUT2D eigenvalue weighted by molar-refractivity contribution is 6.30. The fraction of sp³-hybridized carbons (Fsp3) is 0.250. The van der Waals surface area contributed by atoms with E-state index in [1.165, 1.54) is 6.20 Å². The fourth-order valence-electron chi connectivity index (χ4n) is 1.74. The molecular weight excluding hydrogens is 304 g/mol. The third-order valence-corrected chi connectivity index (χ3v) is 3.02. The highest BCUT2D eigenvalue weighted by atomic mass is 35.5. The molecule has 0 spiro atoms. The molecular formula is C16H17ClN2O3. The van der Waals surface area contributed by atoms with Crippen LogP contribution in [0, 0.1) is 0 Å². The lowest BCUT2D eigenvalue weighted by Gasteiger charge is -2.14. The number of aromatic nitrogens is 1. The molecule has 0 saturated heterocycles. The molecule has 0 aliphatic heterocycles. The van der Waals surface area contributed by atoms with E-state index >= 15 is 0 Å². The van der Waals surface area contributed by atoms with Gasteiger partial charge in [0.15, 0.2) is 0 Å². The zero-order chi connectivity index (χ0) is 15.9. The molecule has 2 rings (SSSR count). The van der Waals surface area contributed by atoms with E-state index < -0.39 is 6.04 Å². The van der Waals surface area contributed by atoms with Gasteiger partial charge >= 0.3 is 5.97 Å². The zero-order valence-corrected chi connectivity index (χ0v) is 13.1. The van der Waals surface area contributed by atoms with E-state index in [9.17, 15) is 4.79 Å². The molecule has 2 aromatic rings. The molecule has 0 aliphatic carbocycles. The van der Waals surface area contributed by atoms with Crippen molar-refractivity contribution < 1.29 is 14.3 Å². The van der Waals surface area contributed by atoms with E-state index in [0.717, 1.165) is 5.69 Å². The van der Waals surface area contributed by atoms with Crippen LogP contribution in [0.3, 0.4) is 0 Å². The number of nitrogens with one attached hydrogen (secondary N) is 1. The van der Waals surface area contributed by atoms with E-state index in [1.54, 1.807) is 38.1 Å². The first-order valence-electron chi connectivity index (χ1n) is 6.91. The number of pyridine rings is 1. The monoisotopic (exact) mass is 320 g/mol. The lowest BCUT2D eigenvalue weighted by Crippen LogP contribution is -2.28. The summed E-state index contributed by atoms with van der Waals surface area (Å²) < 4.78 is 10.5. The Labute approximate surface area is 134 Å². The average molecular weight is 321 g/mol. The number of hydrogen-bond donors (Lipinski definition) is 1. The fourth-order valence-corrected chi connectivity index (χ4v) is 1.85. The second-order valence-corrected chi connectivity index (χ2v) is 5.00. The quantitative estimate of drug-likeness (QED) is 0.818. The maximum absolute atomic E-state index is 11.6. The first-order valence-corrected chi connectivity index (χ1v) is 7.29. The number of esters is 1. The molecule has 1 N–H and O–H groups in total. The van der Waals surface area contributed by atoms with Crippen LogP contribution in [0.2, 0.25) is 5.02 Å². The molecule has 1 atom stereocenters. The third kappa shape index (κ3) is 4.63. The zero-order valence-electron chi connectivity index (χ0n) is 12.4. The second kappa shape index (κ2) is 7.66. The number of benzene rings is 1. The van der Waals surface area contributed by atoms with Crippen molar-refractivity contribution in [2.45, 2.75) is 19.9 Å². The van der Waals surface area contributed by atoms with E-state index in [1.807, 2.05) is 12.1 Å². The minimum absolute atomic E-state index is 0.284. The van der Waals surface area contributed by atoms with Gasteiger partial charge in [0, 0.05) is 18.0 Å². The average Bonchev–Trinajstić information content (AvgIpc) is 2.51. The van der Waals surface area contributed by atoms with Gasteiger partial charge in [0.05, 0.1) is 11.6 Å². The molecule has 0 fully saturated rings. The third-order valence-electron chi connectivity index (χ3n) is 2.80. The summed E-state index contributed by atoms with van der Waals surface area (Å²) in [5.41, 5.74) is 0.803. The topological polar surface area (TPSA) is 60.5 Å². The van der Waals surface area contributed by atoms with Crippen LogP contribution in [-0.2, 0) is 9.53 Å². The highest BCUT2D eigenvalue weighted by Crippen LogP contribution is 2.22. The van der Waals surface area contributed by atoms with Gasteiger partial charge in [-0.25, -0.2) is 9.78 Å². The van der Waals surface area contributed by atoms with Crippen LogP contribution in [0.25, 0.3) is 0 Å². The standard InChI is InChI=1S/C16H17ClN2O3/c1-3-21-16(20)11(2)19-13-5-7-14(8-6-13)22-15-9-4-12(17)10-18-15/h4-11,19H,3H2,1-2H3. The van der Waals surface area contributed by atoms with Crippen LogP contribution in [-0.4, -0.2) is 23.6 Å². The van der Waals surface area contributed by atoms with Crippen LogP contribution < -0.4 is 10.1 Å². The Hall–Kier alpha value is -2.27. The SMILES string of the molecule is CCOC(=O)C(C)Nc1ccc(Oc2ccc(Cl)cn2)cc1. The van der Waals surface area contributed by atoms with E-state index in [4.69, 9.17) is 21.1 Å². The molecule has 6 heteroatoms. The van der Waals surface area contributed by atoms with Gasteiger partial charge in [-0.1, -0.05) is 11.6 Å². The van der Waals surface area contributed by atoms with Gasteiger partial charge in [-0.15, -0.1) is 0 Å². The predicted octanol–water partition coefficient (Wildman–Crippen LogP) is 3.89. The van der Waals surface area contributed by atoms with Crippen molar-refractivity contribution >= 4 is 23.3 Å². The maximum atomic E-state index is 11.6. The molecule has 0 bridgehead atoms. The summed E-state index contributed by atoms with van der Waals surface area (Å²) in [6.07, 6.45) is 1.52. The normalized spacial score (nSPS) is 11.6. The Morgan fingerprint density at radius 2 is 2.00 bits per heavy atom. The summed E-state index contributed by atoms with van der Waals surface area (Å²) in [6, 6.07) is 10.2. The number of halogens is 1. The van der Waals surface area contributed by atoms with E-state index in [2.05, 4.69) is 10.3 Å². The summed E-state index contributed by atoms with van der Waals surface area (Å²) in [5, 5.41) is 3.62. The summed E-state index contributed by atoms with van der Waals surface area (Å²) >= 11 is 5.77. The Morgan fingerprint density at radius 3 is 2.59 bits per heavy atom. The Kier molecular flexibility index (Phi) is 5.61. The number of anilines is 1. The van der Waals surface area contributed by atoms with Gasteiger partial charge in [-0.05, 0) is 44.2 Å². The lowest BCUT2D eigenvalue weighted by atomic mass is 10.2. The van der Waals surface area contributed by atoms with Crippen molar-refractivity contribution in [2.75, 3.05) is 11.9 Å². The smallest absolute Gasteiger partial charge is 0.328 e. The van der Waals surface area contributed by atoms with Crippen molar-refractivity contribution in [1.29, 1.82) is 0 Å². The number of hydrogen-bond acceptors (Lipinski definition) is 5. The molecule has 0 saturated carbocycles. The van der Waals surface area contributed by atoms with Crippen molar-refractivity contribution in [1.82, 2.24) is 4.98 Å². The van der Waals surface area contributed by atoms with Crippen molar-refractivity contribution in [3.63, 3.8) is 0 Å². The van der Waals surface area contributed by atoms with Gasteiger partial charge in [0.1, 0.15) is 11.8 Å². The largest absolute Gasteiger partial charge is 0.464 e. The Bertz CT molecular complexity index is 614. The predicted molar refractivity (Wildman–Crippen MR) is 85.5 cm³/mol. The summed E-state index contributed by atoms with van der Waals surface area (Å²) in [7, 11) is 0. The van der Waals surface area contributed by atoms with Crippen LogP contribution in [0.15, 0.2) is 42.6 Å². The first-order chi connectivity index (χ1) is 10.6. The van der Waals surface area contributed by atoms with Crippen molar-refractivity contribution in [3.05, 3.63) is 47.6 Å². The molecule has 1 aromatic heterocycles. The Morgan fingerprint density at radius 1 is 1.27 bits per heavy atom. The molecule has 22 heavy (non-hydrogen) atoms. The number of ether oxygens (including phenoxy) is 2. The summed E-state index contributed by atoms with van der Waals surface area (Å²) in [5.74, 6) is 0.822. The lowest BCUT2D eigenvalue weighted by molar-refractivity contribution is -0.143. The second-order valence-electron chi connectivity index (χ2n) is 4.56. The van der Waals surface area contributed by atoms with E-state index in [-0.39, 0.29) is 5.97 Å². The first kappa shape index (κ1) is 16.1. The van der Waals surface area contributed by atoms with Crippen molar-refractivity contribution in [3.8, 4) is 11.6 Å².